The number of carboxylic acid groups (broad SMARTS) is 1. The van der Waals surface area contributed by atoms with Gasteiger partial charge in [0.1, 0.15) is 17.8 Å². The Morgan fingerprint density at radius 1 is 1.17 bits per heavy atom. The highest BCUT2D eigenvalue weighted by atomic mass is 127. The Hall–Kier alpha value is -2.09. The van der Waals surface area contributed by atoms with Crippen molar-refractivity contribution >= 4 is 34.5 Å². The lowest BCUT2D eigenvalue weighted by Crippen LogP contribution is -2.65. The van der Waals surface area contributed by atoms with E-state index in [9.17, 15) is 14.7 Å². The fourth-order valence-corrected chi connectivity index (χ4v) is 3.15. The summed E-state index contributed by atoms with van der Waals surface area (Å²) in [5, 5.41) is 9.28. The number of amides is 1. The van der Waals surface area contributed by atoms with E-state index in [0.717, 1.165) is 9.13 Å². The lowest BCUT2D eigenvalue weighted by molar-refractivity contribution is -0.175. The molecule has 1 saturated heterocycles. The van der Waals surface area contributed by atoms with Crippen LogP contribution < -0.4 is 4.74 Å². The van der Waals surface area contributed by atoms with Gasteiger partial charge in [0.05, 0.1) is 0 Å². The second kappa shape index (κ2) is 6.80. The maximum absolute atomic E-state index is 12.5. The molecule has 2 aromatic carbocycles. The lowest BCUT2D eigenvalue weighted by Gasteiger charge is -2.48. The molecule has 0 saturated carbocycles. The summed E-state index contributed by atoms with van der Waals surface area (Å²) in [6.45, 7) is 1.51. The van der Waals surface area contributed by atoms with Crippen LogP contribution in [0.2, 0.25) is 0 Å². The first-order chi connectivity index (χ1) is 11.5. The molecule has 0 bridgehead atoms. The Labute approximate surface area is 153 Å². The van der Waals surface area contributed by atoms with E-state index in [1.807, 2.05) is 42.5 Å². The number of likely N-dealkylation sites (tertiary alicyclic amines) is 1. The first-order valence-electron chi connectivity index (χ1n) is 7.51. The maximum Gasteiger partial charge on any atom is 0.326 e. The van der Waals surface area contributed by atoms with Gasteiger partial charge in [0, 0.05) is 3.57 Å². The maximum atomic E-state index is 12.5. The van der Waals surface area contributed by atoms with Gasteiger partial charge in [0.2, 0.25) is 6.10 Å². The van der Waals surface area contributed by atoms with Crippen molar-refractivity contribution in [3.63, 3.8) is 0 Å². The number of hydrogen-bond acceptors (Lipinski definition) is 3. The topological polar surface area (TPSA) is 66.8 Å². The van der Waals surface area contributed by atoms with Crippen LogP contribution in [-0.2, 0) is 9.59 Å². The monoisotopic (exact) mass is 437 g/mol. The molecule has 1 aliphatic rings. The van der Waals surface area contributed by atoms with E-state index in [1.54, 1.807) is 12.1 Å². The number of para-hydroxylation sites is 1. The average molecular weight is 437 g/mol. The Bertz CT molecular complexity index is 747. The highest BCUT2D eigenvalue weighted by Gasteiger charge is 2.53. The molecule has 6 heteroatoms. The van der Waals surface area contributed by atoms with Crippen molar-refractivity contribution in [1.82, 2.24) is 4.90 Å². The molecule has 3 rings (SSSR count). The molecule has 3 atom stereocenters. The quantitative estimate of drug-likeness (QED) is 0.577. The summed E-state index contributed by atoms with van der Waals surface area (Å²) in [6, 6.07) is 15.4. The summed E-state index contributed by atoms with van der Waals surface area (Å²) in [6.07, 6.45) is -0.714. The van der Waals surface area contributed by atoms with Gasteiger partial charge in [-0.05, 0) is 59.3 Å². The van der Waals surface area contributed by atoms with Crippen LogP contribution in [0.4, 0.5) is 0 Å². The molecule has 1 amide bonds. The predicted octanol–water partition coefficient (Wildman–Crippen LogP) is 3.10. The highest BCUT2D eigenvalue weighted by Crippen LogP contribution is 2.39. The minimum absolute atomic E-state index is 0.308. The van der Waals surface area contributed by atoms with E-state index < -0.39 is 24.2 Å². The van der Waals surface area contributed by atoms with E-state index in [-0.39, 0.29) is 5.91 Å². The number of hydrogen-bond donors (Lipinski definition) is 1. The SMILES string of the molecule is C[C@@H](C(=O)O)N1C(=O)C(Oc2ccccc2)C1c1ccc(I)cc1. The summed E-state index contributed by atoms with van der Waals surface area (Å²) < 4.78 is 6.90. The van der Waals surface area contributed by atoms with Crippen LogP contribution in [0.1, 0.15) is 18.5 Å². The number of rotatable bonds is 5. The van der Waals surface area contributed by atoms with Gasteiger partial charge < -0.3 is 14.7 Å². The van der Waals surface area contributed by atoms with Crippen LogP contribution >= 0.6 is 22.6 Å². The van der Waals surface area contributed by atoms with Crippen LogP contribution in [0.25, 0.3) is 0 Å². The number of ether oxygens (including phenoxy) is 1. The van der Waals surface area contributed by atoms with Crippen LogP contribution in [0.3, 0.4) is 0 Å². The first kappa shape index (κ1) is 16.8. The molecule has 0 aliphatic carbocycles. The lowest BCUT2D eigenvalue weighted by atomic mass is 9.88. The summed E-state index contributed by atoms with van der Waals surface area (Å²) >= 11 is 2.20. The van der Waals surface area contributed by atoms with Crippen LogP contribution in [0.5, 0.6) is 5.75 Å². The van der Waals surface area contributed by atoms with Crippen molar-refractivity contribution in [3.05, 3.63) is 63.7 Å². The number of carboxylic acids is 1. The molecule has 1 heterocycles. The molecule has 2 unspecified atom stereocenters. The molecule has 5 nitrogen and oxygen atoms in total. The zero-order chi connectivity index (χ0) is 17.3. The van der Waals surface area contributed by atoms with Crippen LogP contribution in [0.15, 0.2) is 54.6 Å². The zero-order valence-corrected chi connectivity index (χ0v) is 15.1. The number of nitrogens with zero attached hydrogens (tertiary/aromatic N) is 1. The van der Waals surface area contributed by atoms with Gasteiger partial charge in [-0.2, -0.15) is 0 Å². The smallest absolute Gasteiger partial charge is 0.326 e. The van der Waals surface area contributed by atoms with E-state index in [4.69, 9.17) is 4.74 Å². The Balaban J connectivity index is 1.91. The van der Waals surface area contributed by atoms with E-state index in [2.05, 4.69) is 22.6 Å². The van der Waals surface area contributed by atoms with Crippen molar-refractivity contribution in [3.8, 4) is 5.75 Å². The minimum atomic E-state index is -1.03. The largest absolute Gasteiger partial charge is 0.480 e. The number of aliphatic carboxylic acids is 1. The second-order valence-corrected chi connectivity index (χ2v) is 6.85. The van der Waals surface area contributed by atoms with Crippen molar-refractivity contribution in [2.24, 2.45) is 0 Å². The van der Waals surface area contributed by atoms with E-state index in [0.29, 0.717) is 5.75 Å². The molecule has 0 spiro atoms. The summed E-state index contributed by atoms with van der Waals surface area (Å²) in [4.78, 5) is 25.2. The fraction of sp³-hybridized carbons (Fsp3) is 0.222. The molecular formula is C18H16INO4. The average Bonchev–Trinajstić information content (AvgIpc) is 2.59. The molecule has 0 radical (unpaired) electrons. The van der Waals surface area contributed by atoms with Gasteiger partial charge in [0.25, 0.3) is 5.91 Å². The number of benzene rings is 2. The fourth-order valence-electron chi connectivity index (χ4n) is 2.79. The summed E-state index contributed by atoms with van der Waals surface area (Å²) in [5.74, 6) is -0.747. The van der Waals surface area contributed by atoms with Gasteiger partial charge in [0.15, 0.2) is 0 Å². The zero-order valence-electron chi connectivity index (χ0n) is 12.9. The van der Waals surface area contributed by atoms with Gasteiger partial charge in [-0.3, -0.25) is 4.79 Å². The number of halogens is 1. The third-order valence-corrected chi connectivity index (χ3v) is 4.80. The van der Waals surface area contributed by atoms with Gasteiger partial charge in [-0.25, -0.2) is 4.79 Å². The van der Waals surface area contributed by atoms with Gasteiger partial charge in [-0.15, -0.1) is 0 Å². The third kappa shape index (κ3) is 3.10. The Morgan fingerprint density at radius 2 is 1.79 bits per heavy atom. The van der Waals surface area contributed by atoms with E-state index >= 15 is 0 Å². The number of carbonyl (C=O) groups is 2. The van der Waals surface area contributed by atoms with Crippen molar-refractivity contribution in [2.75, 3.05) is 0 Å². The number of carbonyl (C=O) groups excluding carboxylic acids is 1. The van der Waals surface area contributed by atoms with Gasteiger partial charge >= 0.3 is 5.97 Å². The molecule has 2 aromatic rings. The standard InChI is InChI=1S/C18H16INO4/c1-11(18(22)23)20-15(12-7-9-13(19)10-8-12)16(17(20)21)24-14-5-3-2-4-6-14/h2-11,15-16H,1H3,(H,22,23)/t11-,15?,16?/m0/s1. The first-order valence-corrected chi connectivity index (χ1v) is 8.59. The summed E-state index contributed by atoms with van der Waals surface area (Å²) in [7, 11) is 0. The molecule has 124 valence electrons. The second-order valence-electron chi connectivity index (χ2n) is 5.61. The van der Waals surface area contributed by atoms with Crippen molar-refractivity contribution in [1.29, 1.82) is 0 Å². The normalized spacial score (nSPS) is 21.1. The van der Waals surface area contributed by atoms with Crippen molar-refractivity contribution < 1.29 is 19.4 Å². The Kier molecular flexibility index (Phi) is 4.75. The van der Waals surface area contributed by atoms with E-state index in [1.165, 1.54) is 11.8 Å². The predicted molar refractivity (Wildman–Crippen MR) is 96.7 cm³/mol. The minimum Gasteiger partial charge on any atom is -0.480 e. The summed E-state index contributed by atoms with van der Waals surface area (Å²) in [5.41, 5.74) is 0.865. The number of β-lactam (4-membered cyclic amide) rings is 1. The highest BCUT2D eigenvalue weighted by molar-refractivity contribution is 14.1. The van der Waals surface area contributed by atoms with Crippen molar-refractivity contribution in [2.45, 2.75) is 25.1 Å². The molecule has 0 aromatic heterocycles. The van der Waals surface area contributed by atoms with Crippen LogP contribution in [0, 0.1) is 3.57 Å². The molecule has 1 aliphatic heterocycles. The van der Waals surface area contributed by atoms with Gasteiger partial charge in [-0.1, -0.05) is 30.3 Å². The van der Waals surface area contributed by atoms with Crippen LogP contribution in [-0.4, -0.2) is 34.0 Å². The molecule has 1 N–H and O–H groups in total. The molecule has 24 heavy (non-hydrogen) atoms. The molecular weight excluding hydrogens is 421 g/mol. The third-order valence-electron chi connectivity index (χ3n) is 4.08. The molecule has 1 fully saturated rings. The Morgan fingerprint density at radius 3 is 2.38 bits per heavy atom.